The van der Waals surface area contributed by atoms with Crippen molar-refractivity contribution in [2.75, 3.05) is 28.3 Å². The highest BCUT2D eigenvalue weighted by molar-refractivity contribution is 5.77. The number of nitrogens with one attached hydrogen (secondary N) is 3. The molecule has 13 heteroatoms. The molecule has 2 unspecified atom stereocenters. The number of carboxylic acids is 1. The molecule has 4 N–H and O–H groups in total. The lowest BCUT2D eigenvalue weighted by Gasteiger charge is -2.21. The summed E-state index contributed by atoms with van der Waals surface area (Å²) in [6, 6.07) is 35.8. The molecule has 0 spiro atoms. The summed E-state index contributed by atoms with van der Waals surface area (Å²) in [6.07, 6.45) is -1.36. The Bertz CT molecular complexity index is 1560. The van der Waals surface area contributed by atoms with Gasteiger partial charge in [0.1, 0.15) is 13.2 Å². The Hall–Kier alpha value is -5.76. The van der Waals surface area contributed by atoms with E-state index in [1.165, 1.54) is 14.2 Å². The molecule has 4 aromatic rings. The lowest BCUT2D eigenvalue weighted by Crippen LogP contribution is -2.34. The predicted molar refractivity (Wildman–Crippen MR) is 191 cm³/mol. The molecule has 0 saturated carbocycles. The second kappa shape index (κ2) is 24.4. The Kier molecular flexibility index (Phi) is 19.8. The first kappa shape index (κ1) is 41.4. The van der Waals surface area contributed by atoms with Gasteiger partial charge >= 0.3 is 18.2 Å². The van der Waals surface area contributed by atoms with Crippen molar-refractivity contribution in [3.05, 3.63) is 144 Å². The van der Waals surface area contributed by atoms with Gasteiger partial charge in [-0.2, -0.15) is 0 Å². The molecule has 272 valence electrons. The van der Waals surface area contributed by atoms with Crippen LogP contribution in [0.5, 0.6) is 0 Å². The van der Waals surface area contributed by atoms with Crippen molar-refractivity contribution in [2.24, 2.45) is 0 Å². The highest BCUT2D eigenvalue weighted by atomic mass is 16.7. The lowest BCUT2D eigenvalue weighted by atomic mass is 10.0. The van der Waals surface area contributed by atoms with Gasteiger partial charge in [0, 0.05) is 14.1 Å². The van der Waals surface area contributed by atoms with E-state index in [1.807, 2.05) is 97.1 Å². The average molecular weight is 703 g/mol. The second-order valence-electron chi connectivity index (χ2n) is 10.6. The van der Waals surface area contributed by atoms with Gasteiger partial charge in [-0.05, 0) is 22.3 Å². The number of hydrogen-bond acceptors (Lipinski definition) is 9. The zero-order valence-electron chi connectivity index (χ0n) is 29.2. The molecule has 0 aliphatic carbocycles. The van der Waals surface area contributed by atoms with E-state index in [0.29, 0.717) is 0 Å². The van der Waals surface area contributed by atoms with Crippen molar-refractivity contribution in [2.45, 2.75) is 38.1 Å². The number of nitrogens with zero attached hydrogens (tertiary/aromatic N) is 1. The van der Waals surface area contributed by atoms with E-state index in [4.69, 9.17) is 19.4 Å². The molecule has 2 atom stereocenters. The van der Waals surface area contributed by atoms with Gasteiger partial charge in [0.05, 0.1) is 39.1 Å². The largest absolute Gasteiger partial charge is 0.481 e. The number of carbonyl (C=O) groups is 4. The van der Waals surface area contributed by atoms with Crippen molar-refractivity contribution < 1.29 is 43.4 Å². The molecule has 13 nitrogen and oxygen atoms in total. The van der Waals surface area contributed by atoms with Crippen LogP contribution < -0.4 is 16.1 Å². The average Bonchev–Trinajstić information content (AvgIpc) is 3.17. The van der Waals surface area contributed by atoms with Crippen LogP contribution in [0.1, 0.15) is 47.2 Å². The smallest absolute Gasteiger partial charge is 0.407 e. The Morgan fingerprint density at radius 2 is 0.980 bits per heavy atom. The van der Waals surface area contributed by atoms with E-state index < -0.39 is 30.2 Å². The van der Waals surface area contributed by atoms with Gasteiger partial charge in [-0.25, -0.2) is 20.1 Å². The minimum Gasteiger partial charge on any atom is -0.481 e. The molecule has 0 fully saturated rings. The van der Waals surface area contributed by atoms with E-state index in [1.54, 1.807) is 38.4 Å². The number of carboxylic acid groups (broad SMARTS) is 1. The van der Waals surface area contributed by atoms with E-state index in [-0.39, 0.29) is 32.0 Å². The standard InChI is InChI=1S/C19H22N2O4.C17H17NO4.C2H7NO/c1-21(24-2)18(22)13-17(16-11-7-4-8-12-16)20-19(23)25-14-15-9-5-3-6-10-15;19-16(20)11-15(14-9-5-2-6-10-14)18-17(21)22-12-13-7-3-1-4-8-13;1-3-4-2/h3-12,17H,13-14H2,1-2H3,(H,20,23);1-10,15H,11-12H2,(H,18,21)(H,19,20);3H,1-2H3. The number of hydrogen-bond donors (Lipinski definition) is 4. The number of alkyl carbamates (subject to hydrolysis) is 2. The van der Waals surface area contributed by atoms with Gasteiger partial charge in [-0.1, -0.05) is 121 Å². The number of rotatable bonds is 14. The Labute approximate surface area is 298 Å². The van der Waals surface area contributed by atoms with E-state index in [9.17, 15) is 19.2 Å². The van der Waals surface area contributed by atoms with Crippen LogP contribution in [-0.4, -0.2) is 62.5 Å². The Balaban J connectivity index is 0.000000322. The zero-order valence-corrected chi connectivity index (χ0v) is 29.2. The fraction of sp³-hybridized carbons (Fsp3) is 0.263. The summed E-state index contributed by atoms with van der Waals surface area (Å²) in [6.45, 7) is 0.307. The molecule has 0 aliphatic rings. The first-order valence-corrected chi connectivity index (χ1v) is 15.9. The summed E-state index contributed by atoms with van der Waals surface area (Å²) in [5, 5.41) is 15.4. The minimum absolute atomic E-state index is 0.0643. The van der Waals surface area contributed by atoms with Gasteiger partial charge in [0.15, 0.2) is 0 Å². The SMILES string of the molecule is CNOC.CON(C)C(=O)CC(NC(=O)OCc1ccccc1)c1ccccc1.O=C(O)CC(NC(=O)OCc1ccccc1)c1ccccc1. The number of benzene rings is 4. The molecule has 0 saturated heterocycles. The van der Waals surface area contributed by atoms with E-state index in [0.717, 1.165) is 27.3 Å². The first-order valence-electron chi connectivity index (χ1n) is 15.9. The van der Waals surface area contributed by atoms with Crippen LogP contribution in [0.25, 0.3) is 0 Å². The number of ether oxygens (including phenoxy) is 2. The minimum atomic E-state index is -0.989. The molecule has 0 bridgehead atoms. The summed E-state index contributed by atoms with van der Waals surface area (Å²) in [5.41, 5.74) is 5.73. The summed E-state index contributed by atoms with van der Waals surface area (Å²) in [5.74, 6) is -1.24. The number of amides is 3. The Morgan fingerprint density at radius 3 is 1.31 bits per heavy atom. The molecule has 4 aromatic carbocycles. The van der Waals surface area contributed by atoms with Crippen molar-refractivity contribution in [3.63, 3.8) is 0 Å². The van der Waals surface area contributed by atoms with Gasteiger partial charge in [-0.3, -0.25) is 14.4 Å². The van der Waals surface area contributed by atoms with Gasteiger partial charge in [-0.15, -0.1) is 0 Å². The molecule has 0 radical (unpaired) electrons. The third kappa shape index (κ3) is 17.5. The number of hydroxylamine groups is 3. The fourth-order valence-corrected chi connectivity index (χ4v) is 4.27. The summed E-state index contributed by atoms with van der Waals surface area (Å²) >= 11 is 0. The topological polar surface area (TPSA) is 165 Å². The zero-order chi connectivity index (χ0) is 37.3. The lowest BCUT2D eigenvalue weighted by molar-refractivity contribution is -0.169. The van der Waals surface area contributed by atoms with Crippen molar-refractivity contribution in [3.8, 4) is 0 Å². The van der Waals surface area contributed by atoms with Crippen LogP contribution in [0.15, 0.2) is 121 Å². The molecule has 0 aromatic heterocycles. The van der Waals surface area contributed by atoms with Crippen molar-refractivity contribution in [1.82, 2.24) is 21.2 Å². The third-order valence-corrected chi connectivity index (χ3v) is 7.00. The summed E-state index contributed by atoms with van der Waals surface area (Å²) < 4.78 is 10.4. The normalized spacial score (nSPS) is 11.1. The fourth-order valence-electron chi connectivity index (χ4n) is 4.27. The maximum Gasteiger partial charge on any atom is 0.407 e. The molecule has 0 aliphatic heterocycles. The summed E-state index contributed by atoms with van der Waals surface area (Å²) in [7, 11) is 6.22. The monoisotopic (exact) mass is 702 g/mol. The van der Waals surface area contributed by atoms with Crippen LogP contribution in [0.3, 0.4) is 0 Å². The van der Waals surface area contributed by atoms with E-state index >= 15 is 0 Å². The first-order chi connectivity index (χ1) is 24.7. The highest BCUT2D eigenvalue weighted by Gasteiger charge is 2.22. The maximum atomic E-state index is 12.1. The van der Waals surface area contributed by atoms with Crippen LogP contribution in [0.4, 0.5) is 9.59 Å². The van der Waals surface area contributed by atoms with Crippen molar-refractivity contribution in [1.29, 1.82) is 0 Å². The van der Waals surface area contributed by atoms with Crippen LogP contribution in [0.2, 0.25) is 0 Å². The van der Waals surface area contributed by atoms with Crippen molar-refractivity contribution >= 4 is 24.1 Å². The van der Waals surface area contributed by atoms with Crippen LogP contribution in [-0.2, 0) is 42.0 Å². The van der Waals surface area contributed by atoms with Crippen LogP contribution >= 0.6 is 0 Å². The highest BCUT2D eigenvalue weighted by Crippen LogP contribution is 2.19. The molecule has 3 amide bonds. The maximum absolute atomic E-state index is 12.1. The second-order valence-corrected chi connectivity index (χ2v) is 10.6. The Morgan fingerprint density at radius 1 is 0.627 bits per heavy atom. The molecule has 51 heavy (non-hydrogen) atoms. The van der Waals surface area contributed by atoms with Crippen LogP contribution in [0, 0.1) is 0 Å². The predicted octanol–water partition coefficient (Wildman–Crippen LogP) is 5.96. The van der Waals surface area contributed by atoms with Gasteiger partial charge in [0.25, 0.3) is 0 Å². The van der Waals surface area contributed by atoms with Gasteiger partial charge < -0.3 is 30.1 Å². The summed E-state index contributed by atoms with van der Waals surface area (Å²) in [4.78, 5) is 56.3. The van der Waals surface area contributed by atoms with Gasteiger partial charge in [0.2, 0.25) is 5.91 Å². The van der Waals surface area contributed by atoms with E-state index in [2.05, 4.69) is 21.0 Å². The molecule has 0 heterocycles. The number of aliphatic carboxylic acids is 1. The quantitative estimate of drug-likeness (QED) is 0.115. The third-order valence-electron chi connectivity index (χ3n) is 7.00. The molecular weight excluding hydrogens is 656 g/mol. The number of carbonyl (C=O) groups excluding carboxylic acids is 3. The molecule has 4 rings (SSSR count). The molecular formula is C38H46N4O9.